The number of H-pyrrole nitrogens is 1. The van der Waals surface area contributed by atoms with Crippen molar-refractivity contribution in [1.82, 2.24) is 19.8 Å². The van der Waals surface area contributed by atoms with Crippen molar-refractivity contribution < 1.29 is 4.79 Å². The molecule has 0 saturated carbocycles. The topological polar surface area (TPSA) is 106 Å². The lowest BCUT2D eigenvalue weighted by molar-refractivity contribution is 0.103. The van der Waals surface area contributed by atoms with Crippen molar-refractivity contribution in [2.45, 2.75) is 6.54 Å². The standard InChI is InChI=1S/C20H21N7O2S/c1-26-6-8-27(9-7-26)10-12-2-4-13(5-3-12)23-18(28)16-15-14-17(25-20(29)24-15)21-11-22-19(14)30-16/h2-5,11H,6-10H2,1H3,(H,23,28)(H2,21,22,24,25,29). The number of piperazine rings is 1. The molecule has 2 aliphatic rings. The smallest absolute Gasteiger partial charge is 0.330 e. The number of nitrogens with one attached hydrogen (secondary N) is 3. The van der Waals surface area contributed by atoms with Gasteiger partial charge in [-0.1, -0.05) is 12.1 Å². The van der Waals surface area contributed by atoms with Gasteiger partial charge in [-0.05, 0) is 24.7 Å². The van der Waals surface area contributed by atoms with E-state index in [1.165, 1.54) is 23.2 Å². The van der Waals surface area contributed by atoms with Crippen molar-refractivity contribution >= 4 is 51.0 Å². The monoisotopic (exact) mass is 423 g/mol. The van der Waals surface area contributed by atoms with E-state index in [0.717, 1.165) is 32.7 Å². The third-order valence-electron chi connectivity index (χ3n) is 5.37. The molecule has 0 aliphatic carbocycles. The third-order valence-corrected chi connectivity index (χ3v) is 6.47. The fourth-order valence-electron chi connectivity index (χ4n) is 3.70. The van der Waals surface area contributed by atoms with Gasteiger partial charge in [0.15, 0.2) is 0 Å². The van der Waals surface area contributed by atoms with Crippen molar-refractivity contribution in [3.05, 3.63) is 45.2 Å². The molecule has 5 rings (SSSR count). The molecular formula is C20H21N7O2S. The van der Waals surface area contributed by atoms with Crippen LogP contribution in [-0.2, 0) is 6.54 Å². The van der Waals surface area contributed by atoms with E-state index in [0.29, 0.717) is 32.3 Å². The molecule has 0 atom stereocenters. The second-order valence-electron chi connectivity index (χ2n) is 7.51. The van der Waals surface area contributed by atoms with Crippen LogP contribution in [0.3, 0.4) is 0 Å². The van der Waals surface area contributed by atoms with Crippen LogP contribution >= 0.6 is 11.3 Å². The summed E-state index contributed by atoms with van der Waals surface area (Å²) in [6.45, 7) is 5.21. The van der Waals surface area contributed by atoms with Gasteiger partial charge in [0.25, 0.3) is 5.91 Å². The Bertz CT molecular complexity index is 1190. The van der Waals surface area contributed by atoms with Crippen LogP contribution in [0.15, 0.2) is 34.1 Å². The molecule has 30 heavy (non-hydrogen) atoms. The number of rotatable bonds is 4. The SMILES string of the molecule is CN1CCN(Cc2ccc(NC(=O)c3sc4c5c(nc(=O)[nH]c35)NC=N4)cc2)CC1. The Labute approximate surface area is 176 Å². The van der Waals surface area contributed by atoms with Crippen LogP contribution in [0.4, 0.5) is 16.5 Å². The number of aromatic nitrogens is 2. The minimum Gasteiger partial charge on any atom is -0.330 e. The molecular weight excluding hydrogens is 402 g/mol. The Hall–Kier alpha value is -3.08. The van der Waals surface area contributed by atoms with Crippen LogP contribution in [0.1, 0.15) is 15.2 Å². The van der Waals surface area contributed by atoms with Crippen molar-refractivity contribution in [3.8, 4) is 0 Å². The number of hydrogen-bond donors (Lipinski definition) is 3. The third kappa shape index (κ3) is 3.60. The lowest BCUT2D eigenvalue weighted by Gasteiger charge is -2.32. The Balaban J connectivity index is 1.33. The number of amides is 1. The molecule has 0 unspecified atom stereocenters. The lowest BCUT2D eigenvalue weighted by atomic mass is 10.1. The molecule has 4 heterocycles. The number of nitrogens with zero attached hydrogens (tertiary/aromatic N) is 4. The summed E-state index contributed by atoms with van der Waals surface area (Å²) in [6, 6.07) is 7.90. The van der Waals surface area contributed by atoms with Crippen LogP contribution in [0.5, 0.6) is 0 Å². The molecule has 1 fully saturated rings. The first kappa shape index (κ1) is 18.9. The van der Waals surface area contributed by atoms with Crippen molar-refractivity contribution in [2.75, 3.05) is 43.9 Å². The molecule has 0 bridgehead atoms. The van der Waals surface area contributed by atoms with Crippen molar-refractivity contribution in [1.29, 1.82) is 0 Å². The minimum absolute atomic E-state index is 0.284. The highest BCUT2D eigenvalue weighted by molar-refractivity contribution is 7.20. The van der Waals surface area contributed by atoms with Crippen LogP contribution in [0.25, 0.3) is 10.9 Å². The van der Waals surface area contributed by atoms with Crippen LogP contribution in [0.2, 0.25) is 0 Å². The Morgan fingerprint density at radius 2 is 1.97 bits per heavy atom. The van der Waals surface area contributed by atoms with E-state index in [1.54, 1.807) is 0 Å². The number of carbonyl (C=O) groups is 1. The molecule has 1 aromatic carbocycles. The molecule has 2 aliphatic heterocycles. The molecule has 0 spiro atoms. The van der Waals surface area contributed by atoms with E-state index in [4.69, 9.17) is 0 Å². The lowest BCUT2D eigenvalue weighted by Crippen LogP contribution is -2.43. The highest BCUT2D eigenvalue weighted by Crippen LogP contribution is 2.41. The largest absolute Gasteiger partial charge is 0.347 e. The highest BCUT2D eigenvalue weighted by Gasteiger charge is 2.23. The molecule has 1 saturated heterocycles. The van der Waals surface area contributed by atoms with Gasteiger partial charge < -0.3 is 20.5 Å². The average molecular weight is 424 g/mol. The summed E-state index contributed by atoms with van der Waals surface area (Å²) in [7, 11) is 2.15. The van der Waals surface area contributed by atoms with Crippen molar-refractivity contribution in [3.63, 3.8) is 0 Å². The maximum atomic E-state index is 12.9. The number of likely N-dealkylation sites (N-methyl/N-ethyl adjacent to an activating group) is 1. The highest BCUT2D eigenvalue weighted by atomic mass is 32.1. The molecule has 1 amide bonds. The molecule has 3 aromatic rings. The van der Waals surface area contributed by atoms with Gasteiger partial charge >= 0.3 is 5.69 Å². The molecule has 9 nitrogen and oxygen atoms in total. The van der Waals surface area contributed by atoms with E-state index < -0.39 is 5.69 Å². The fraction of sp³-hybridized carbons (Fsp3) is 0.300. The number of anilines is 2. The normalized spacial score (nSPS) is 16.6. The van der Waals surface area contributed by atoms with Crippen LogP contribution < -0.4 is 16.3 Å². The zero-order valence-electron chi connectivity index (χ0n) is 16.4. The van der Waals surface area contributed by atoms with E-state index >= 15 is 0 Å². The number of thiophene rings is 1. The molecule has 0 radical (unpaired) electrons. The summed E-state index contributed by atoms with van der Waals surface area (Å²) in [4.78, 5) is 40.8. The number of carbonyl (C=O) groups excluding carboxylic acids is 1. The fourth-order valence-corrected chi connectivity index (χ4v) is 4.70. The summed E-state index contributed by atoms with van der Waals surface area (Å²) in [5.74, 6) is 0.135. The van der Waals surface area contributed by atoms with Crippen molar-refractivity contribution in [2.24, 2.45) is 4.99 Å². The summed E-state index contributed by atoms with van der Waals surface area (Å²) < 4.78 is 0. The van der Waals surface area contributed by atoms with Gasteiger partial charge in [0, 0.05) is 38.4 Å². The number of hydrogen-bond acceptors (Lipinski definition) is 8. The molecule has 10 heteroatoms. The van der Waals surface area contributed by atoms with Gasteiger partial charge in [0.1, 0.15) is 15.7 Å². The summed E-state index contributed by atoms with van der Waals surface area (Å²) in [6.07, 6.45) is 1.47. The minimum atomic E-state index is -0.507. The zero-order valence-corrected chi connectivity index (χ0v) is 17.3. The van der Waals surface area contributed by atoms with Crippen LogP contribution in [0, 0.1) is 0 Å². The first-order chi connectivity index (χ1) is 14.6. The first-order valence-electron chi connectivity index (χ1n) is 9.74. The van der Waals surface area contributed by atoms with Gasteiger partial charge in [-0.25, -0.2) is 9.79 Å². The van der Waals surface area contributed by atoms with E-state index in [2.05, 4.69) is 42.4 Å². The molecule has 2 aromatic heterocycles. The second-order valence-corrected chi connectivity index (χ2v) is 8.51. The summed E-state index contributed by atoms with van der Waals surface area (Å²) >= 11 is 1.23. The predicted molar refractivity (Wildman–Crippen MR) is 119 cm³/mol. The van der Waals surface area contributed by atoms with Gasteiger partial charge in [-0.2, -0.15) is 4.98 Å². The Morgan fingerprint density at radius 3 is 2.73 bits per heavy atom. The van der Waals surface area contributed by atoms with Crippen LogP contribution in [-0.4, -0.2) is 65.2 Å². The maximum absolute atomic E-state index is 12.9. The Kier molecular flexibility index (Phi) is 4.81. The predicted octanol–water partition coefficient (Wildman–Crippen LogP) is 2.07. The van der Waals surface area contributed by atoms with Gasteiger partial charge in [-0.3, -0.25) is 9.69 Å². The number of benzene rings is 1. The molecule has 154 valence electrons. The van der Waals surface area contributed by atoms with Gasteiger partial charge in [0.2, 0.25) is 0 Å². The number of aromatic amines is 1. The van der Waals surface area contributed by atoms with E-state index in [9.17, 15) is 9.59 Å². The van der Waals surface area contributed by atoms with E-state index in [-0.39, 0.29) is 5.91 Å². The Morgan fingerprint density at radius 1 is 1.20 bits per heavy atom. The summed E-state index contributed by atoms with van der Waals surface area (Å²) in [5.41, 5.74) is 1.87. The zero-order chi connectivity index (χ0) is 20.7. The van der Waals surface area contributed by atoms with Gasteiger partial charge in [0.05, 0.1) is 17.2 Å². The van der Waals surface area contributed by atoms with E-state index in [1.807, 2.05) is 24.3 Å². The maximum Gasteiger partial charge on any atom is 0.347 e. The average Bonchev–Trinajstić information content (AvgIpc) is 3.11. The first-order valence-corrected chi connectivity index (χ1v) is 10.6. The summed E-state index contributed by atoms with van der Waals surface area (Å²) in [5, 5.41) is 7.09. The number of aliphatic imine (C=N–C) groups is 1. The quantitative estimate of drug-likeness (QED) is 0.593. The second kappa shape index (κ2) is 7.63. The molecule has 3 N–H and O–H groups in total. The van der Waals surface area contributed by atoms with Gasteiger partial charge in [-0.15, -0.1) is 11.3 Å².